The fourth-order valence-electron chi connectivity index (χ4n) is 1.14. The summed E-state index contributed by atoms with van der Waals surface area (Å²) in [5, 5.41) is 0.593. The lowest BCUT2D eigenvalue weighted by atomic mass is 10.3. The van der Waals surface area contributed by atoms with Crippen LogP contribution in [0.15, 0.2) is 41.3 Å². The minimum Gasteiger partial charge on any atom is -0.283 e. The summed E-state index contributed by atoms with van der Waals surface area (Å²) in [6.07, 6.45) is 1.70. The molecule has 0 radical (unpaired) electrons. The van der Waals surface area contributed by atoms with Crippen molar-refractivity contribution >= 4 is 17.1 Å². The standard InChI is InChI=1S/C9H6ClNO/c10-7-4-5-9(12)11-6-2-1-3-8(7)11/h1-6H. The summed E-state index contributed by atoms with van der Waals surface area (Å²) in [6.45, 7) is 0. The van der Waals surface area contributed by atoms with E-state index in [1.54, 1.807) is 18.3 Å². The van der Waals surface area contributed by atoms with Crippen molar-refractivity contribution in [3.05, 3.63) is 51.9 Å². The molecule has 0 spiro atoms. The quantitative estimate of drug-likeness (QED) is 0.606. The summed E-state index contributed by atoms with van der Waals surface area (Å²) in [4.78, 5) is 11.2. The van der Waals surface area contributed by atoms with E-state index in [0.29, 0.717) is 5.02 Å². The largest absolute Gasteiger partial charge is 0.283 e. The summed E-state index contributed by atoms with van der Waals surface area (Å²) in [6, 6.07) is 8.52. The average Bonchev–Trinajstić information content (AvgIpc) is 2.12. The van der Waals surface area contributed by atoms with Gasteiger partial charge in [0, 0.05) is 12.3 Å². The summed E-state index contributed by atoms with van der Waals surface area (Å²) in [5.41, 5.74) is 0.682. The molecule has 2 rings (SSSR count). The van der Waals surface area contributed by atoms with Gasteiger partial charge in [-0.25, -0.2) is 0 Å². The van der Waals surface area contributed by atoms with E-state index >= 15 is 0 Å². The van der Waals surface area contributed by atoms with Crippen LogP contribution in [-0.2, 0) is 0 Å². The molecule has 2 heterocycles. The lowest BCUT2D eigenvalue weighted by Gasteiger charge is -1.99. The van der Waals surface area contributed by atoms with Crippen molar-refractivity contribution in [2.45, 2.75) is 0 Å². The molecule has 0 N–H and O–H groups in total. The minimum atomic E-state index is -0.0602. The average molecular weight is 180 g/mol. The Morgan fingerprint density at radius 2 is 2.00 bits per heavy atom. The molecule has 12 heavy (non-hydrogen) atoms. The van der Waals surface area contributed by atoms with Gasteiger partial charge in [-0.1, -0.05) is 17.7 Å². The first kappa shape index (κ1) is 7.37. The fourth-order valence-corrected chi connectivity index (χ4v) is 1.36. The molecule has 0 aliphatic carbocycles. The van der Waals surface area contributed by atoms with E-state index in [9.17, 15) is 4.79 Å². The highest BCUT2D eigenvalue weighted by Gasteiger charge is 1.97. The topological polar surface area (TPSA) is 21.5 Å². The van der Waals surface area contributed by atoms with E-state index in [4.69, 9.17) is 11.6 Å². The van der Waals surface area contributed by atoms with Crippen molar-refractivity contribution in [3.63, 3.8) is 0 Å². The molecule has 0 aromatic carbocycles. The van der Waals surface area contributed by atoms with Crippen LogP contribution in [-0.4, -0.2) is 4.40 Å². The Hall–Kier alpha value is -1.28. The third kappa shape index (κ3) is 1.01. The predicted octanol–water partition coefficient (Wildman–Crippen LogP) is 1.95. The molecule has 0 unspecified atom stereocenters. The molecular formula is C9H6ClNO. The highest BCUT2D eigenvalue weighted by molar-refractivity contribution is 6.33. The van der Waals surface area contributed by atoms with Crippen LogP contribution in [0.1, 0.15) is 0 Å². The molecule has 2 nitrogen and oxygen atoms in total. The van der Waals surface area contributed by atoms with Crippen LogP contribution in [0.5, 0.6) is 0 Å². The second-order valence-corrected chi connectivity index (χ2v) is 2.88. The maximum Gasteiger partial charge on any atom is 0.255 e. The summed E-state index contributed by atoms with van der Waals surface area (Å²) >= 11 is 5.87. The maximum absolute atomic E-state index is 11.2. The van der Waals surface area contributed by atoms with Crippen LogP contribution >= 0.6 is 11.6 Å². The maximum atomic E-state index is 11.2. The van der Waals surface area contributed by atoms with E-state index in [1.165, 1.54) is 10.5 Å². The lowest BCUT2D eigenvalue weighted by molar-refractivity contribution is 1.10. The van der Waals surface area contributed by atoms with Crippen molar-refractivity contribution in [1.29, 1.82) is 0 Å². The molecule has 0 saturated heterocycles. The molecule has 0 amide bonds. The first-order valence-corrected chi connectivity index (χ1v) is 3.93. The van der Waals surface area contributed by atoms with Crippen molar-refractivity contribution in [2.75, 3.05) is 0 Å². The third-order valence-electron chi connectivity index (χ3n) is 1.71. The number of fused-ring (bicyclic) bond motifs is 1. The van der Waals surface area contributed by atoms with Crippen molar-refractivity contribution in [3.8, 4) is 0 Å². The smallest absolute Gasteiger partial charge is 0.255 e. The Morgan fingerprint density at radius 1 is 1.17 bits per heavy atom. The number of nitrogens with zero attached hydrogens (tertiary/aromatic N) is 1. The number of aromatic nitrogens is 1. The summed E-state index contributed by atoms with van der Waals surface area (Å²) in [5.74, 6) is 0. The molecule has 60 valence electrons. The van der Waals surface area contributed by atoms with Crippen LogP contribution in [0.4, 0.5) is 0 Å². The van der Waals surface area contributed by atoms with E-state index in [-0.39, 0.29) is 5.56 Å². The van der Waals surface area contributed by atoms with Crippen LogP contribution in [0, 0.1) is 0 Å². The zero-order valence-electron chi connectivity index (χ0n) is 6.20. The van der Waals surface area contributed by atoms with Gasteiger partial charge in [-0.15, -0.1) is 0 Å². The first-order valence-electron chi connectivity index (χ1n) is 3.55. The molecule has 0 aliphatic rings. The van der Waals surface area contributed by atoms with Gasteiger partial charge in [-0.3, -0.25) is 9.20 Å². The van der Waals surface area contributed by atoms with E-state index < -0.39 is 0 Å². The van der Waals surface area contributed by atoms with Crippen LogP contribution < -0.4 is 5.56 Å². The Labute approximate surface area is 74.0 Å². The van der Waals surface area contributed by atoms with E-state index in [0.717, 1.165) is 5.52 Å². The number of halogens is 1. The van der Waals surface area contributed by atoms with Crippen molar-refractivity contribution < 1.29 is 0 Å². The Kier molecular flexibility index (Phi) is 1.62. The Morgan fingerprint density at radius 3 is 2.75 bits per heavy atom. The molecule has 2 aromatic heterocycles. The van der Waals surface area contributed by atoms with Gasteiger partial charge in [0.05, 0.1) is 10.5 Å². The second kappa shape index (κ2) is 2.64. The lowest BCUT2D eigenvalue weighted by Crippen LogP contribution is -2.10. The van der Waals surface area contributed by atoms with Gasteiger partial charge in [0.2, 0.25) is 0 Å². The van der Waals surface area contributed by atoms with Gasteiger partial charge in [-0.05, 0) is 18.2 Å². The minimum absolute atomic E-state index is 0.0602. The number of pyridine rings is 2. The third-order valence-corrected chi connectivity index (χ3v) is 2.03. The van der Waals surface area contributed by atoms with Crippen molar-refractivity contribution in [2.24, 2.45) is 0 Å². The molecule has 2 aromatic rings. The van der Waals surface area contributed by atoms with Gasteiger partial charge >= 0.3 is 0 Å². The molecular weight excluding hydrogens is 174 g/mol. The van der Waals surface area contributed by atoms with Crippen LogP contribution in [0.3, 0.4) is 0 Å². The Balaban J connectivity index is 3.05. The molecule has 0 aliphatic heterocycles. The normalized spacial score (nSPS) is 10.4. The predicted molar refractivity (Wildman–Crippen MR) is 48.7 cm³/mol. The highest BCUT2D eigenvalue weighted by Crippen LogP contribution is 2.13. The van der Waals surface area contributed by atoms with Gasteiger partial charge in [0.15, 0.2) is 0 Å². The Bertz CT molecular complexity index is 475. The number of hydrogen-bond donors (Lipinski definition) is 0. The SMILES string of the molecule is O=c1ccc(Cl)c2ccccn12. The monoisotopic (exact) mass is 179 g/mol. The first-order chi connectivity index (χ1) is 5.79. The van der Waals surface area contributed by atoms with Gasteiger partial charge < -0.3 is 0 Å². The van der Waals surface area contributed by atoms with Crippen LogP contribution in [0.2, 0.25) is 5.02 Å². The summed E-state index contributed by atoms with van der Waals surface area (Å²) in [7, 11) is 0. The molecule has 0 atom stereocenters. The fraction of sp³-hybridized carbons (Fsp3) is 0. The van der Waals surface area contributed by atoms with Gasteiger partial charge in [0.1, 0.15) is 0 Å². The van der Waals surface area contributed by atoms with Crippen LogP contribution in [0.25, 0.3) is 5.52 Å². The van der Waals surface area contributed by atoms with E-state index in [2.05, 4.69) is 0 Å². The molecule has 0 bridgehead atoms. The highest BCUT2D eigenvalue weighted by atomic mass is 35.5. The second-order valence-electron chi connectivity index (χ2n) is 2.48. The van der Waals surface area contributed by atoms with Gasteiger partial charge in [-0.2, -0.15) is 0 Å². The molecule has 0 saturated carbocycles. The number of rotatable bonds is 0. The molecule has 3 heteroatoms. The van der Waals surface area contributed by atoms with E-state index in [1.807, 2.05) is 12.1 Å². The van der Waals surface area contributed by atoms with Crippen molar-refractivity contribution in [1.82, 2.24) is 4.40 Å². The zero-order valence-corrected chi connectivity index (χ0v) is 6.95. The number of hydrogen-bond acceptors (Lipinski definition) is 1. The zero-order chi connectivity index (χ0) is 8.55. The molecule has 0 fully saturated rings. The van der Waals surface area contributed by atoms with Gasteiger partial charge in [0.25, 0.3) is 5.56 Å². The summed E-state index contributed by atoms with van der Waals surface area (Å²) < 4.78 is 1.52.